The zero-order valence-electron chi connectivity index (χ0n) is 7.64. The molecule has 0 aliphatic heterocycles. The van der Waals surface area contributed by atoms with Gasteiger partial charge in [-0.15, -0.1) is 0 Å². The van der Waals surface area contributed by atoms with Gasteiger partial charge in [0.05, 0.1) is 29.5 Å². The first-order valence-electron chi connectivity index (χ1n) is 4.18. The summed E-state index contributed by atoms with van der Waals surface area (Å²) in [6.45, 7) is 0. The molecular formula is C11H5N3O. The summed E-state index contributed by atoms with van der Waals surface area (Å²) in [6, 6.07) is 8.84. The number of hydrogen-bond donors (Lipinski definition) is 0. The lowest BCUT2D eigenvalue weighted by Crippen LogP contribution is -1.84. The predicted molar refractivity (Wildman–Crippen MR) is 51.4 cm³/mol. The molecule has 0 saturated carbocycles. The molecule has 70 valence electrons. The molecule has 0 atom stereocenters. The van der Waals surface area contributed by atoms with Crippen molar-refractivity contribution in [1.82, 2.24) is 4.98 Å². The van der Waals surface area contributed by atoms with Crippen molar-refractivity contribution >= 4 is 0 Å². The van der Waals surface area contributed by atoms with Crippen LogP contribution in [0.3, 0.4) is 0 Å². The molecule has 0 fully saturated rings. The molecule has 1 heterocycles. The lowest BCUT2D eigenvalue weighted by atomic mass is 10.0. The van der Waals surface area contributed by atoms with Gasteiger partial charge < -0.3 is 4.42 Å². The monoisotopic (exact) mass is 195 g/mol. The summed E-state index contributed by atoms with van der Waals surface area (Å²) in [6.07, 6.45) is 2.83. The quantitative estimate of drug-likeness (QED) is 0.698. The fourth-order valence-electron chi connectivity index (χ4n) is 1.27. The molecule has 4 heteroatoms. The number of rotatable bonds is 1. The van der Waals surface area contributed by atoms with E-state index in [2.05, 4.69) is 4.98 Å². The molecule has 0 N–H and O–H groups in total. The molecule has 2 rings (SSSR count). The van der Waals surface area contributed by atoms with Crippen LogP contribution in [0.15, 0.2) is 35.2 Å². The van der Waals surface area contributed by atoms with Crippen LogP contribution >= 0.6 is 0 Å². The van der Waals surface area contributed by atoms with Crippen molar-refractivity contribution in [2.45, 2.75) is 0 Å². The van der Waals surface area contributed by atoms with Crippen LogP contribution in [0.1, 0.15) is 11.1 Å². The summed E-state index contributed by atoms with van der Waals surface area (Å²) in [7, 11) is 0. The fraction of sp³-hybridized carbons (Fsp3) is 0. The first kappa shape index (κ1) is 8.98. The van der Waals surface area contributed by atoms with E-state index in [1.165, 1.54) is 18.7 Å². The van der Waals surface area contributed by atoms with Gasteiger partial charge in [0.1, 0.15) is 0 Å². The number of benzene rings is 1. The van der Waals surface area contributed by atoms with Crippen LogP contribution in [0.25, 0.3) is 11.3 Å². The van der Waals surface area contributed by atoms with E-state index in [-0.39, 0.29) is 0 Å². The molecule has 0 bridgehead atoms. The molecule has 15 heavy (non-hydrogen) atoms. The van der Waals surface area contributed by atoms with E-state index in [0.717, 1.165) is 0 Å². The molecule has 1 aromatic carbocycles. The molecule has 0 radical (unpaired) electrons. The molecule has 0 amide bonds. The Hall–Kier alpha value is -2.59. The minimum absolute atomic E-state index is 0.408. The van der Waals surface area contributed by atoms with Crippen LogP contribution in [0.2, 0.25) is 0 Å². The average molecular weight is 195 g/mol. The summed E-state index contributed by atoms with van der Waals surface area (Å²) in [5, 5.41) is 17.6. The van der Waals surface area contributed by atoms with Gasteiger partial charge in [0.25, 0.3) is 0 Å². The number of nitriles is 2. The molecule has 4 nitrogen and oxygen atoms in total. The normalized spacial score (nSPS) is 9.20. The zero-order valence-corrected chi connectivity index (χ0v) is 7.64. The SMILES string of the molecule is N#Cc1ccc(-c2cnco2)c(C#N)c1. The third-order valence-electron chi connectivity index (χ3n) is 1.97. The van der Waals surface area contributed by atoms with E-state index in [4.69, 9.17) is 14.9 Å². The Morgan fingerprint density at radius 2 is 2.07 bits per heavy atom. The summed E-state index contributed by atoms with van der Waals surface area (Å²) in [5.74, 6) is 0.524. The predicted octanol–water partition coefficient (Wildman–Crippen LogP) is 2.08. The number of nitrogens with zero attached hydrogens (tertiary/aromatic N) is 3. The standard InChI is InChI=1S/C11H5N3O/c12-4-8-1-2-10(9(3-8)5-13)11-6-14-7-15-11/h1-3,6-7H. The molecule has 2 aromatic rings. The van der Waals surface area contributed by atoms with Gasteiger partial charge in [0.15, 0.2) is 12.2 Å². The highest BCUT2D eigenvalue weighted by Crippen LogP contribution is 2.23. The average Bonchev–Trinajstić information content (AvgIpc) is 2.81. The topological polar surface area (TPSA) is 73.6 Å². The van der Waals surface area contributed by atoms with Crippen molar-refractivity contribution in [3.63, 3.8) is 0 Å². The second-order valence-electron chi connectivity index (χ2n) is 2.85. The Balaban J connectivity index is 2.60. The minimum atomic E-state index is 0.408. The summed E-state index contributed by atoms with van der Waals surface area (Å²) >= 11 is 0. The molecule has 0 spiro atoms. The lowest BCUT2D eigenvalue weighted by molar-refractivity contribution is 0.572. The number of hydrogen-bond acceptors (Lipinski definition) is 4. The van der Waals surface area contributed by atoms with Crippen LogP contribution in [-0.2, 0) is 0 Å². The smallest absolute Gasteiger partial charge is 0.181 e. The van der Waals surface area contributed by atoms with Crippen LogP contribution in [0, 0.1) is 22.7 Å². The summed E-state index contributed by atoms with van der Waals surface area (Å²) in [5.41, 5.74) is 1.51. The molecule has 0 aliphatic rings. The van der Waals surface area contributed by atoms with Crippen LogP contribution < -0.4 is 0 Å². The van der Waals surface area contributed by atoms with Crippen LogP contribution in [-0.4, -0.2) is 4.98 Å². The van der Waals surface area contributed by atoms with Crippen LogP contribution in [0.5, 0.6) is 0 Å². The maximum absolute atomic E-state index is 8.92. The Morgan fingerprint density at radius 1 is 1.20 bits per heavy atom. The van der Waals surface area contributed by atoms with Gasteiger partial charge in [0.2, 0.25) is 0 Å². The molecule has 1 aromatic heterocycles. The maximum atomic E-state index is 8.92. The first-order chi connectivity index (χ1) is 7.35. The summed E-state index contributed by atoms with van der Waals surface area (Å²) < 4.78 is 5.09. The third-order valence-corrected chi connectivity index (χ3v) is 1.97. The zero-order chi connectivity index (χ0) is 10.7. The van der Waals surface area contributed by atoms with E-state index in [9.17, 15) is 0 Å². The Bertz CT molecular complexity index is 559. The molecular weight excluding hydrogens is 190 g/mol. The fourth-order valence-corrected chi connectivity index (χ4v) is 1.27. The van der Waals surface area contributed by atoms with E-state index in [0.29, 0.717) is 22.5 Å². The number of oxazole rings is 1. The highest BCUT2D eigenvalue weighted by Gasteiger charge is 2.08. The van der Waals surface area contributed by atoms with Gasteiger partial charge in [-0.3, -0.25) is 0 Å². The largest absolute Gasteiger partial charge is 0.443 e. The van der Waals surface area contributed by atoms with Crippen molar-refractivity contribution < 1.29 is 4.42 Å². The Morgan fingerprint density at radius 3 is 2.67 bits per heavy atom. The Labute approximate surface area is 86.0 Å². The highest BCUT2D eigenvalue weighted by molar-refractivity contribution is 5.66. The van der Waals surface area contributed by atoms with Crippen molar-refractivity contribution in [2.75, 3.05) is 0 Å². The summed E-state index contributed by atoms with van der Waals surface area (Å²) in [4.78, 5) is 3.78. The van der Waals surface area contributed by atoms with Crippen molar-refractivity contribution in [2.24, 2.45) is 0 Å². The second kappa shape index (κ2) is 3.65. The highest BCUT2D eigenvalue weighted by atomic mass is 16.3. The minimum Gasteiger partial charge on any atom is -0.443 e. The molecule has 0 saturated heterocycles. The van der Waals surface area contributed by atoms with E-state index in [1.807, 2.05) is 12.1 Å². The van der Waals surface area contributed by atoms with E-state index >= 15 is 0 Å². The van der Waals surface area contributed by atoms with Crippen molar-refractivity contribution in [3.05, 3.63) is 41.9 Å². The molecule has 0 unspecified atom stereocenters. The van der Waals surface area contributed by atoms with Gasteiger partial charge in [-0.2, -0.15) is 10.5 Å². The van der Waals surface area contributed by atoms with Gasteiger partial charge >= 0.3 is 0 Å². The van der Waals surface area contributed by atoms with Gasteiger partial charge in [-0.1, -0.05) is 0 Å². The lowest BCUT2D eigenvalue weighted by Gasteiger charge is -1.99. The van der Waals surface area contributed by atoms with Gasteiger partial charge in [-0.05, 0) is 18.2 Å². The number of aromatic nitrogens is 1. The Kier molecular flexibility index (Phi) is 2.19. The van der Waals surface area contributed by atoms with E-state index in [1.54, 1.807) is 12.1 Å². The maximum Gasteiger partial charge on any atom is 0.181 e. The van der Waals surface area contributed by atoms with Gasteiger partial charge in [0, 0.05) is 5.56 Å². The first-order valence-corrected chi connectivity index (χ1v) is 4.18. The van der Waals surface area contributed by atoms with Crippen molar-refractivity contribution in [1.29, 1.82) is 10.5 Å². The van der Waals surface area contributed by atoms with Crippen LogP contribution in [0.4, 0.5) is 0 Å². The van der Waals surface area contributed by atoms with E-state index < -0.39 is 0 Å². The van der Waals surface area contributed by atoms with Gasteiger partial charge in [-0.25, -0.2) is 4.98 Å². The van der Waals surface area contributed by atoms with Crippen molar-refractivity contribution in [3.8, 4) is 23.5 Å². The second-order valence-corrected chi connectivity index (χ2v) is 2.85. The third kappa shape index (κ3) is 1.56. The molecule has 0 aliphatic carbocycles.